The van der Waals surface area contributed by atoms with Gasteiger partial charge in [-0.3, -0.25) is 14.5 Å². The Morgan fingerprint density at radius 3 is 2.82 bits per heavy atom. The molecule has 1 atom stereocenters. The number of nitrogens with two attached hydrogens (primary N) is 1. The van der Waals surface area contributed by atoms with Gasteiger partial charge in [-0.1, -0.05) is 18.2 Å². The molecule has 4 aromatic rings. The Morgan fingerprint density at radius 2 is 2.00 bits per heavy atom. The van der Waals surface area contributed by atoms with Crippen LogP contribution in [0.4, 0.5) is 10.6 Å². The number of carbonyl (C=O) groups is 2. The molecule has 10 heteroatoms. The number of ether oxygens (including phenoxy) is 1. The first-order valence-electron chi connectivity index (χ1n) is 10.8. The van der Waals surface area contributed by atoms with E-state index in [1.165, 1.54) is 0 Å². The minimum atomic E-state index is -0.477. The maximum Gasteiger partial charge on any atom is 0.415 e. The fourth-order valence-electron chi connectivity index (χ4n) is 4.01. The summed E-state index contributed by atoms with van der Waals surface area (Å²) in [7, 11) is 1.81. The summed E-state index contributed by atoms with van der Waals surface area (Å²) >= 11 is 0. The Labute approximate surface area is 195 Å². The van der Waals surface area contributed by atoms with Crippen molar-refractivity contribution >= 4 is 28.7 Å². The molecule has 0 radical (unpaired) electrons. The van der Waals surface area contributed by atoms with E-state index >= 15 is 0 Å². The van der Waals surface area contributed by atoms with E-state index in [1.807, 2.05) is 37.5 Å². The number of pyridine rings is 2. The molecule has 1 fully saturated rings. The van der Waals surface area contributed by atoms with Crippen molar-refractivity contribution in [3.63, 3.8) is 0 Å². The van der Waals surface area contributed by atoms with E-state index in [9.17, 15) is 9.59 Å². The first-order chi connectivity index (χ1) is 16.5. The lowest BCUT2D eigenvalue weighted by molar-refractivity contribution is 0.0937. The average Bonchev–Trinajstić information content (AvgIpc) is 3.49. The number of benzene rings is 1. The molecule has 3 aromatic heterocycles. The standard InChI is InChI=1S/C24H23N7O3/c1-30-13-17(12-28-30)16-10-19(22(25)27-11-16)23(32)29-18-7-9-31(14-18)24(33)34-20-6-2-4-15-5-3-8-26-21(15)20/h2-6,8,10-13,18H,7,9,14H2,1H3,(H2,25,27)(H,29,32)/t18-/m1/s1. The summed E-state index contributed by atoms with van der Waals surface area (Å²) in [6.07, 6.45) is 6.92. The van der Waals surface area contributed by atoms with Crippen molar-refractivity contribution in [1.82, 2.24) is 30.0 Å². The number of para-hydroxylation sites is 1. The second-order valence-electron chi connectivity index (χ2n) is 8.16. The highest BCUT2D eigenvalue weighted by Gasteiger charge is 2.29. The van der Waals surface area contributed by atoms with Crippen LogP contribution in [0.1, 0.15) is 16.8 Å². The van der Waals surface area contributed by atoms with Gasteiger partial charge in [0.2, 0.25) is 0 Å². The van der Waals surface area contributed by atoms with Gasteiger partial charge in [-0.15, -0.1) is 0 Å². The van der Waals surface area contributed by atoms with Crippen LogP contribution in [0.15, 0.2) is 61.2 Å². The highest BCUT2D eigenvalue weighted by Crippen LogP contribution is 2.25. The third kappa shape index (κ3) is 4.25. The SMILES string of the molecule is Cn1cc(-c2cnc(N)c(C(=O)N[C@@H]3CCN(C(=O)Oc4cccc5cccnc45)C3)c2)cn1. The van der Waals surface area contributed by atoms with Crippen LogP contribution >= 0.6 is 0 Å². The van der Waals surface area contributed by atoms with Crippen molar-refractivity contribution in [2.75, 3.05) is 18.8 Å². The van der Waals surface area contributed by atoms with Gasteiger partial charge >= 0.3 is 6.09 Å². The first kappa shape index (κ1) is 21.4. The first-order valence-corrected chi connectivity index (χ1v) is 10.8. The lowest BCUT2D eigenvalue weighted by Crippen LogP contribution is -2.39. The van der Waals surface area contributed by atoms with E-state index in [-0.39, 0.29) is 23.3 Å². The molecule has 0 unspecified atom stereocenters. The summed E-state index contributed by atoms with van der Waals surface area (Å²) in [6, 6.07) is 10.6. The second kappa shape index (κ2) is 8.81. The van der Waals surface area contributed by atoms with E-state index in [2.05, 4.69) is 20.4 Å². The van der Waals surface area contributed by atoms with Gasteiger partial charge in [0.05, 0.1) is 11.8 Å². The molecule has 1 aliphatic rings. The van der Waals surface area contributed by atoms with Crippen LogP contribution in [-0.2, 0) is 7.05 Å². The summed E-state index contributed by atoms with van der Waals surface area (Å²) < 4.78 is 7.28. The maximum absolute atomic E-state index is 12.9. The van der Waals surface area contributed by atoms with Crippen LogP contribution in [-0.4, -0.2) is 55.8 Å². The number of nitrogens with zero attached hydrogens (tertiary/aromatic N) is 5. The highest BCUT2D eigenvalue weighted by atomic mass is 16.6. The van der Waals surface area contributed by atoms with Gasteiger partial charge in [-0.2, -0.15) is 5.10 Å². The van der Waals surface area contributed by atoms with Crippen LogP contribution in [0.3, 0.4) is 0 Å². The van der Waals surface area contributed by atoms with Gasteiger partial charge in [0, 0.05) is 61.3 Å². The number of likely N-dealkylation sites (tertiary alicyclic amines) is 1. The average molecular weight is 457 g/mol. The zero-order valence-corrected chi connectivity index (χ0v) is 18.5. The van der Waals surface area contributed by atoms with Crippen LogP contribution in [0.25, 0.3) is 22.0 Å². The van der Waals surface area contributed by atoms with E-state index in [0.29, 0.717) is 30.8 Å². The molecule has 1 saturated heterocycles. The summed E-state index contributed by atoms with van der Waals surface area (Å²) in [5.41, 5.74) is 8.46. The van der Waals surface area contributed by atoms with E-state index in [0.717, 1.165) is 16.5 Å². The third-order valence-electron chi connectivity index (χ3n) is 5.78. The number of carbonyl (C=O) groups excluding carboxylic acids is 2. The molecule has 5 rings (SSSR count). The molecule has 34 heavy (non-hydrogen) atoms. The zero-order chi connectivity index (χ0) is 23.7. The number of rotatable bonds is 4. The molecule has 1 aromatic carbocycles. The van der Waals surface area contributed by atoms with Gasteiger partial charge in [-0.25, -0.2) is 9.78 Å². The van der Waals surface area contributed by atoms with Gasteiger partial charge in [0.1, 0.15) is 11.3 Å². The van der Waals surface area contributed by atoms with E-state index in [1.54, 1.807) is 40.3 Å². The Hall–Kier alpha value is -4.47. The molecule has 1 aliphatic heterocycles. The monoisotopic (exact) mass is 457 g/mol. The molecule has 2 amide bonds. The van der Waals surface area contributed by atoms with Crippen molar-refractivity contribution in [3.05, 3.63) is 66.7 Å². The lowest BCUT2D eigenvalue weighted by Gasteiger charge is -2.17. The fraction of sp³-hybridized carbons (Fsp3) is 0.208. The van der Waals surface area contributed by atoms with Gasteiger partial charge in [0.15, 0.2) is 5.75 Å². The molecule has 0 bridgehead atoms. The molecular formula is C24H23N7O3. The van der Waals surface area contributed by atoms with Crippen LogP contribution in [0.2, 0.25) is 0 Å². The lowest BCUT2D eigenvalue weighted by atomic mass is 10.1. The summed E-state index contributed by atoms with van der Waals surface area (Å²) in [6.45, 7) is 0.795. The molecule has 172 valence electrons. The zero-order valence-electron chi connectivity index (χ0n) is 18.5. The van der Waals surface area contributed by atoms with Crippen LogP contribution < -0.4 is 15.8 Å². The van der Waals surface area contributed by atoms with Gasteiger partial charge < -0.3 is 20.7 Å². The molecule has 0 aliphatic carbocycles. The number of anilines is 1. The minimum absolute atomic E-state index is 0.142. The Kier molecular flexibility index (Phi) is 5.54. The van der Waals surface area contributed by atoms with E-state index < -0.39 is 6.09 Å². The third-order valence-corrected chi connectivity index (χ3v) is 5.78. The van der Waals surface area contributed by atoms with Crippen molar-refractivity contribution in [3.8, 4) is 16.9 Å². The number of amides is 2. The van der Waals surface area contributed by atoms with Crippen molar-refractivity contribution in [1.29, 1.82) is 0 Å². The van der Waals surface area contributed by atoms with Crippen molar-refractivity contribution < 1.29 is 14.3 Å². The van der Waals surface area contributed by atoms with Crippen molar-refractivity contribution in [2.45, 2.75) is 12.5 Å². The predicted octanol–water partition coefficient (Wildman–Crippen LogP) is 2.62. The number of nitrogen functional groups attached to an aromatic ring is 1. The number of hydrogen-bond acceptors (Lipinski definition) is 7. The minimum Gasteiger partial charge on any atom is -0.408 e. The van der Waals surface area contributed by atoms with Gasteiger partial charge in [0.25, 0.3) is 5.91 Å². The normalized spacial score (nSPS) is 15.4. The Balaban J connectivity index is 1.24. The number of hydrogen-bond donors (Lipinski definition) is 2. The van der Waals surface area contributed by atoms with Crippen LogP contribution in [0.5, 0.6) is 5.75 Å². The second-order valence-corrected chi connectivity index (χ2v) is 8.16. The van der Waals surface area contributed by atoms with E-state index in [4.69, 9.17) is 10.5 Å². The molecular weight excluding hydrogens is 434 g/mol. The Morgan fingerprint density at radius 1 is 1.15 bits per heavy atom. The summed E-state index contributed by atoms with van der Waals surface area (Å²) in [5, 5.41) is 7.99. The number of aryl methyl sites for hydroxylation is 1. The summed E-state index contributed by atoms with van der Waals surface area (Å²) in [4.78, 5) is 35.7. The molecule has 3 N–H and O–H groups in total. The maximum atomic E-state index is 12.9. The molecule has 10 nitrogen and oxygen atoms in total. The fourth-order valence-corrected chi connectivity index (χ4v) is 4.01. The molecule has 0 spiro atoms. The molecule has 0 saturated carbocycles. The highest BCUT2D eigenvalue weighted by molar-refractivity contribution is 5.99. The van der Waals surface area contributed by atoms with Crippen LogP contribution in [0, 0.1) is 0 Å². The van der Waals surface area contributed by atoms with Gasteiger partial charge in [-0.05, 0) is 24.6 Å². The van der Waals surface area contributed by atoms with Crippen molar-refractivity contribution in [2.24, 2.45) is 7.05 Å². The molecule has 4 heterocycles. The summed E-state index contributed by atoms with van der Waals surface area (Å²) in [5.74, 6) is 0.207. The largest absolute Gasteiger partial charge is 0.415 e. The quantitative estimate of drug-likeness (QED) is 0.482. The number of fused-ring (bicyclic) bond motifs is 1. The topological polar surface area (TPSA) is 128 Å². The number of nitrogens with one attached hydrogen (secondary N) is 1. The smallest absolute Gasteiger partial charge is 0.408 e. The predicted molar refractivity (Wildman–Crippen MR) is 126 cm³/mol. The number of aromatic nitrogens is 4. The Bertz CT molecular complexity index is 1380.